The first-order valence-corrected chi connectivity index (χ1v) is 7.27. The number of piperidine rings is 2. The molecule has 1 amide bonds. The molecule has 1 aliphatic carbocycles. The van der Waals surface area contributed by atoms with Gasteiger partial charge in [0, 0.05) is 12.0 Å². The van der Waals surface area contributed by atoms with E-state index in [2.05, 4.69) is 0 Å². The van der Waals surface area contributed by atoms with Crippen LogP contribution in [0.25, 0.3) is 0 Å². The summed E-state index contributed by atoms with van der Waals surface area (Å²) in [5.74, 6) is -0.275. The van der Waals surface area contributed by atoms with E-state index in [1.54, 1.807) is 11.8 Å². The largest absolute Gasteiger partial charge is 0.444 e. The summed E-state index contributed by atoms with van der Waals surface area (Å²) < 4.78 is 5.43. The summed E-state index contributed by atoms with van der Waals surface area (Å²) in [4.78, 5) is 26.0. The zero-order valence-electron chi connectivity index (χ0n) is 13.0. The molecule has 3 fully saturated rings. The highest BCUT2D eigenvalue weighted by Gasteiger charge is 2.56. The smallest absolute Gasteiger partial charge is 0.411 e. The first-order valence-electron chi connectivity index (χ1n) is 7.27. The van der Waals surface area contributed by atoms with E-state index < -0.39 is 23.3 Å². The number of carbonyl (C=O) groups excluding carboxylic acids is 2. The summed E-state index contributed by atoms with van der Waals surface area (Å²) in [7, 11) is 0. The van der Waals surface area contributed by atoms with E-state index in [0.717, 1.165) is 12.8 Å². The number of nitrogens with zero attached hydrogens (tertiary/aromatic N) is 1. The number of fused-ring (bicyclic) bond motifs is 3. The molecule has 5 heteroatoms. The molecule has 2 bridgehead atoms. The molecule has 20 heavy (non-hydrogen) atoms. The van der Waals surface area contributed by atoms with Gasteiger partial charge in [-0.25, -0.2) is 4.79 Å². The van der Waals surface area contributed by atoms with Crippen LogP contribution in [0.5, 0.6) is 0 Å². The second-order valence-electron chi connectivity index (χ2n) is 7.34. The van der Waals surface area contributed by atoms with Gasteiger partial charge in [0.1, 0.15) is 5.60 Å². The number of hydrogen-bond acceptors (Lipinski definition) is 4. The Morgan fingerprint density at radius 1 is 1.30 bits per heavy atom. The molecule has 3 aliphatic rings. The van der Waals surface area contributed by atoms with E-state index >= 15 is 0 Å². The lowest BCUT2D eigenvalue weighted by molar-refractivity contribution is -0.159. The van der Waals surface area contributed by atoms with Crippen LogP contribution in [0.2, 0.25) is 0 Å². The molecule has 4 atom stereocenters. The average Bonchev–Trinajstić information content (AvgIpc) is 2.24. The Bertz CT molecular complexity index is 424. The first-order chi connectivity index (χ1) is 9.03. The Morgan fingerprint density at radius 3 is 2.35 bits per heavy atom. The fraction of sp³-hybridized carbons (Fsp3) is 0.867. The topological polar surface area (TPSA) is 66.8 Å². The van der Waals surface area contributed by atoms with Gasteiger partial charge in [0.05, 0.1) is 11.6 Å². The maximum atomic E-state index is 12.4. The second kappa shape index (κ2) is 4.72. The molecule has 2 saturated heterocycles. The maximum Gasteiger partial charge on any atom is 0.411 e. The lowest BCUT2D eigenvalue weighted by Gasteiger charge is -2.56. The molecule has 0 aromatic heterocycles. The average molecular weight is 283 g/mol. The molecule has 0 unspecified atom stereocenters. The van der Waals surface area contributed by atoms with Gasteiger partial charge in [0.15, 0.2) is 5.78 Å². The van der Waals surface area contributed by atoms with Crippen molar-refractivity contribution in [1.29, 1.82) is 0 Å². The normalized spacial score (nSPS) is 36.9. The third-order valence-electron chi connectivity index (χ3n) is 4.35. The first kappa shape index (κ1) is 15.3. The van der Waals surface area contributed by atoms with Gasteiger partial charge in [0.25, 0.3) is 0 Å². The predicted molar refractivity (Wildman–Crippen MR) is 74.3 cm³/mol. The predicted octanol–water partition coefficient (Wildman–Crippen LogP) is 2.11. The van der Waals surface area contributed by atoms with Gasteiger partial charge >= 0.3 is 6.09 Å². The Balaban J connectivity index is 2.28. The zero-order valence-corrected chi connectivity index (χ0v) is 13.0. The highest BCUT2D eigenvalue weighted by Crippen LogP contribution is 2.46. The van der Waals surface area contributed by atoms with Crippen LogP contribution in [0.1, 0.15) is 53.9 Å². The van der Waals surface area contributed by atoms with Gasteiger partial charge in [-0.1, -0.05) is 0 Å². The molecule has 3 rings (SSSR count). The zero-order chi connectivity index (χ0) is 15.3. The molecular weight excluding hydrogens is 258 g/mol. The highest BCUT2D eigenvalue weighted by molar-refractivity contribution is 5.86. The number of ketones is 1. The molecule has 1 N–H and O–H groups in total. The van der Waals surface area contributed by atoms with Gasteiger partial charge in [-0.3, -0.25) is 9.69 Å². The van der Waals surface area contributed by atoms with Crippen molar-refractivity contribution in [2.45, 2.75) is 77.2 Å². The Labute approximate surface area is 120 Å². The number of ether oxygens (including phenoxy) is 1. The molecule has 2 heterocycles. The fourth-order valence-corrected chi connectivity index (χ4v) is 3.63. The van der Waals surface area contributed by atoms with E-state index in [0.29, 0.717) is 6.42 Å². The van der Waals surface area contributed by atoms with Crippen LogP contribution in [0, 0.1) is 5.92 Å². The third kappa shape index (κ3) is 2.68. The van der Waals surface area contributed by atoms with Crippen molar-refractivity contribution < 1.29 is 19.4 Å². The molecule has 0 radical (unpaired) electrons. The number of aliphatic hydroxyl groups is 1. The quantitative estimate of drug-likeness (QED) is 0.800. The van der Waals surface area contributed by atoms with E-state index in [1.807, 2.05) is 20.8 Å². The van der Waals surface area contributed by atoms with Crippen molar-refractivity contribution in [3.05, 3.63) is 0 Å². The molecule has 2 aliphatic heterocycles. The minimum Gasteiger partial charge on any atom is -0.444 e. The van der Waals surface area contributed by atoms with Crippen LogP contribution in [0.15, 0.2) is 0 Å². The fourth-order valence-electron chi connectivity index (χ4n) is 3.63. The molecule has 0 aromatic carbocycles. The van der Waals surface area contributed by atoms with Gasteiger partial charge < -0.3 is 9.84 Å². The minimum atomic E-state index is -0.877. The number of hydrogen-bond donors (Lipinski definition) is 1. The molecule has 1 saturated carbocycles. The van der Waals surface area contributed by atoms with Crippen molar-refractivity contribution in [2.75, 3.05) is 0 Å². The molecule has 5 nitrogen and oxygen atoms in total. The summed E-state index contributed by atoms with van der Waals surface area (Å²) in [6.45, 7) is 8.69. The van der Waals surface area contributed by atoms with Crippen molar-refractivity contribution in [3.8, 4) is 0 Å². The van der Waals surface area contributed by atoms with Crippen molar-refractivity contribution in [2.24, 2.45) is 5.92 Å². The van der Waals surface area contributed by atoms with Crippen molar-refractivity contribution >= 4 is 11.9 Å². The highest BCUT2D eigenvalue weighted by atomic mass is 16.6. The Kier molecular flexibility index (Phi) is 3.61. The molecule has 0 aromatic rings. The monoisotopic (exact) mass is 283 g/mol. The summed E-state index contributed by atoms with van der Waals surface area (Å²) in [5, 5.41) is 10.5. The van der Waals surface area contributed by atoms with Crippen molar-refractivity contribution in [3.63, 3.8) is 0 Å². The van der Waals surface area contributed by atoms with Crippen LogP contribution in [0.3, 0.4) is 0 Å². The van der Waals surface area contributed by atoms with Gasteiger partial charge in [-0.2, -0.15) is 0 Å². The molecule has 114 valence electrons. The van der Waals surface area contributed by atoms with E-state index in [-0.39, 0.29) is 17.7 Å². The Morgan fingerprint density at radius 2 is 1.90 bits per heavy atom. The minimum absolute atomic E-state index is 0.0782. The molecule has 0 spiro atoms. The number of amides is 1. The van der Waals surface area contributed by atoms with Crippen LogP contribution >= 0.6 is 0 Å². The number of rotatable bonds is 1. The lowest BCUT2D eigenvalue weighted by atomic mass is 9.65. The summed E-state index contributed by atoms with van der Waals surface area (Å²) in [6.07, 6.45) is 1.68. The summed E-state index contributed by atoms with van der Waals surface area (Å²) in [6, 6.07) is -0.675. The standard InChI is InChI=1S/C15H25NO4/c1-9(17)12-11-7-6-10(8-15(11,5)19)16(12)13(18)20-14(2,3)4/h10-12,19H,6-8H2,1-5H3/t10-,11-,12+,15+/m0/s1. The lowest BCUT2D eigenvalue weighted by Crippen LogP contribution is -2.68. The van der Waals surface area contributed by atoms with Gasteiger partial charge in [-0.05, 0) is 53.9 Å². The third-order valence-corrected chi connectivity index (χ3v) is 4.35. The van der Waals surface area contributed by atoms with E-state index in [4.69, 9.17) is 4.74 Å². The van der Waals surface area contributed by atoms with Crippen LogP contribution in [0.4, 0.5) is 4.79 Å². The SMILES string of the molecule is CC(=O)[C@@H]1[C@@H]2CC[C@@H](C[C@@]2(C)O)N1C(=O)OC(C)(C)C. The van der Waals surface area contributed by atoms with Gasteiger partial charge in [-0.15, -0.1) is 0 Å². The molecular formula is C15H25NO4. The summed E-state index contributed by atoms with van der Waals surface area (Å²) >= 11 is 0. The maximum absolute atomic E-state index is 12.4. The Hall–Kier alpha value is -1.10. The van der Waals surface area contributed by atoms with Crippen LogP contribution in [-0.2, 0) is 9.53 Å². The number of Topliss-reactive ketones (excluding diaryl/α,β-unsaturated/α-hetero) is 1. The van der Waals surface area contributed by atoms with E-state index in [1.165, 1.54) is 6.92 Å². The van der Waals surface area contributed by atoms with Crippen molar-refractivity contribution in [1.82, 2.24) is 4.90 Å². The van der Waals surface area contributed by atoms with Crippen LogP contribution in [-0.4, -0.2) is 45.2 Å². The second-order valence-corrected chi connectivity index (χ2v) is 7.34. The van der Waals surface area contributed by atoms with E-state index in [9.17, 15) is 14.7 Å². The van der Waals surface area contributed by atoms with Crippen LogP contribution < -0.4 is 0 Å². The number of carbonyl (C=O) groups is 2. The summed E-state index contributed by atoms with van der Waals surface area (Å²) in [5.41, 5.74) is -1.46. The van der Waals surface area contributed by atoms with Gasteiger partial charge in [0.2, 0.25) is 0 Å².